The van der Waals surface area contributed by atoms with Gasteiger partial charge in [-0.05, 0) is 19.9 Å². The summed E-state index contributed by atoms with van der Waals surface area (Å²) in [6.07, 6.45) is 0.101. The minimum absolute atomic E-state index is 0.101. The van der Waals surface area contributed by atoms with Gasteiger partial charge in [0.15, 0.2) is 0 Å². The number of benzene rings is 1. The Labute approximate surface area is 94.2 Å². The summed E-state index contributed by atoms with van der Waals surface area (Å²) in [7, 11) is 0. The lowest BCUT2D eigenvalue weighted by molar-refractivity contribution is -0.142. The molecule has 0 heterocycles. The van der Waals surface area contributed by atoms with E-state index in [9.17, 15) is 9.18 Å². The number of esters is 1. The average Bonchev–Trinajstić information content (AvgIpc) is 2.23. The van der Waals surface area contributed by atoms with Crippen molar-refractivity contribution in [2.75, 3.05) is 13.2 Å². The summed E-state index contributed by atoms with van der Waals surface area (Å²) in [5.74, 6) is -0.318. The monoisotopic (exact) mass is 226 g/mol. The Bertz CT molecular complexity index is 363. The van der Waals surface area contributed by atoms with Gasteiger partial charge in [0.25, 0.3) is 0 Å². The standard InChI is InChI=1S/C12H15FO3/c1-3-15-11-8-10(13)6-5-9(11)7-12(14)16-4-2/h5-6,8H,3-4,7H2,1-2H3. The minimum Gasteiger partial charge on any atom is -0.493 e. The molecular weight excluding hydrogens is 211 g/mol. The summed E-state index contributed by atoms with van der Waals surface area (Å²) in [6.45, 7) is 4.31. The average molecular weight is 226 g/mol. The lowest BCUT2D eigenvalue weighted by Crippen LogP contribution is -2.09. The predicted octanol–water partition coefficient (Wildman–Crippen LogP) is 2.33. The largest absolute Gasteiger partial charge is 0.493 e. The quantitative estimate of drug-likeness (QED) is 0.723. The van der Waals surface area contributed by atoms with Crippen LogP contribution < -0.4 is 4.74 Å². The van der Waals surface area contributed by atoms with E-state index in [4.69, 9.17) is 9.47 Å². The second-order valence-electron chi connectivity index (χ2n) is 3.17. The van der Waals surface area contributed by atoms with Crippen LogP contribution in [0.25, 0.3) is 0 Å². The molecule has 0 aliphatic heterocycles. The summed E-state index contributed by atoms with van der Waals surface area (Å²) in [4.78, 5) is 11.3. The van der Waals surface area contributed by atoms with E-state index >= 15 is 0 Å². The molecule has 0 amide bonds. The fourth-order valence-corrected chi connectivity index (χ4v) is 1.33. The van der Waals surface area contributed by atoms with E-state index in [2.05, 4.69) is 0 Å². The Hall–Kier alpha value is -1.58. The zero-order chi connectivity index (χ0) is 12.0. The molecular formula is C12H15FO3. The van der Waals surface area contributed by atoms with Crippen molar-refractivity contribution in [1.82, 2.24) is 0 Å². The Morgan fingerprint density at radius 1 is 1.31 bits per heavy atom. The van der Waals surface area contributed by atoms with Gasteiger partial charge in [0.1, 0.15) is 11.6 Å². The lowest BCUT2D eigenvalue weighted by atomic mass is 10.1. The predicted molar refractivity (Wildman–Crippen MR) is 57.9 cm³/mol. The van der Waals surface area contributed by atoms with Gasteiger partial charge in [0, 0.05) is 11.6 Å². The van der Waals surface area contributed by atoms with Crippen molar-refractivity contribution < 1.29 is 18.7 Å². The zero-order valence-electron chi connectivity index (χ0n) is 9.46. The topological polar surface area (TPSA) is 35.5 Å². The number of hydrogen-bond acceptors (Lipinski definition) is 3. The molecule has 0 aliphatic carbocycles. The van der Waals surface area contributed by atoms with E-state index < -0.39 is 0 Å². The van der Waals surface area contributed by atoms with Crippen LogP contribution >= 0.6 is 0 Å². The number of halogens is 1. The van der Waals surface area contributed by atoms with Gasteiger partial charge in [0.05, 0.1) is 19.6 Å². The fourth-order valence-electron chi connectivity index (χ4n) is 1.33. The molecule has 1 aromatic rings. The van der Waals surface area contributed by atoms with E-state index in [1.54, 1.807) is 13.8 Å². The van der Waals surface area contributed by atoms with Crippen molar-refractivity contribution in [2.24, 2.45) is 0 Å². The van der Waals surface area contributed by atoms with Crippen molar-refractivity contribution >= 4 is 5.97 Å². The summed E-state index contributed by atoms with van der Waals surface area (Å²) in [5, 5.41) is 0. The van der Waals surface area contributed by atoms with Crippen LogP contribution in [0.2, 0.25) is 0 Å². The maximum absolute atomic E-state index is 13.0. The van der Waals surface area contributed by atoms with Gasteiger partial charge in [-0.3, -0.25) is 4.79 Å². The summed E-state index contributed by atoms with van der Waals surface area (Å²) < 4.78 is 23.0. The number of rotatable bonds is 5. The van der Waals surface area contributed by atoms with Crippen molar-refractivity contribution in [3.63, 3.8) is 0 Å². The molecule has 0 fully saturated rings. The normalized spacial score (nSPS) is 9.94. The Balaban J connectivity index is 2.81. The van der Waals surface area contributed by atoms with Gasteiger partial charge in [-0.15, -0.1) is 0 Å². The fraction of sp³-hybridized carbons (Fsp3) is 0.417. The summed E-state index contributed by atoms with van der Waals surface area (Å²) >= 11 is 0. The molecule has 3 nitrogen and oxygen atoms in total. The minimum atomic E-state index is -0.379. The summed E-state index contributed by atoms with van der Waals surface area (Å²) in [6, 6.07) is 4.12. The van der Waals surface area contributed by atoms with Gasteiger partial charge in [-0.1, -0.05) is 6.07 Å². The first-order valence-corrected chi connectivity index (χ1v) is 5.24. The van der Waals surface area contributed by atoms with E-state index in [0.29, 0.717) is 24.5 Å². The maximum Gasteiger partial charge on any atom is 0.310 e. The molecule has 0 radical (unpaired) electrons. The number of carbonyl (C=O) groups excluding carboxylic acids is 1. The number of ether oxygens (including phenoxy) is 2. The van der Waals surface area contributed by atoms with Gasteiger partial charge in [-0.25, -0.2) is 4.39 Å². The third kappa shape index (κ3) is 3.53. The van der Waals surface area contributed by atoms with Crippen molar-refractivity contribution in [3.8, 4) is 5.75 Å². The molecule has 16 heavy (non-hydrogen) atoms. The molecule has 1 rings (SSSR count). The highest BCUT2D eigenvalue weighted by atomic mass is 19.1. The SMILES string of the molecule is CCOC(=O)Cc1ccc(F)cc1OCC. The number of hydrogen-bond donors (Lipinski definition) is 0. The van der Waals surface area contributed by atoms with Gasteiger partial charge < -0.3 is 9.47 Å². The smallest absolute Gasteiger partial charge is 0.310 e. The van der Waals surface area contributed by atoms with Gasteiger partial charge in [0.2, 0.25) is 0 Å². The highest BCUT2D eigenvalue weighted by molar-refractivity contribution is 5.73. The maximum atomic E-state index is 13.0. The first-order valence-electron chi connectivity index (χ1n) is 5.24. The molecule has 4 heteroatoms. The van der Waals surface area contributed by atoms with Gasteiger partial charge >= 0.3 is 5.97 Å². The molecule has 0 unspecified atom stereocenters. The Kier molecular flexibility index (Phi) is 4.76. The molecule has 0 saturated heterocycles. The molecule has 0 N–H and O–H groups in total. The van der Waals surface area contributed by atoms with E-state index in [1.165, 1.54) is 18.2 Å². The molecule has 1 aromatic carbocycles. The third-order valence-electron chi connectivity index (χ3n) is 1.97. The first kappa shape index (κ1) is 12.5. The van der Waals surface area contributed by atoms with Gasteiger partial charge in [-0.2, -0.15) is 0 Å². The van der Waals surface area contributed by atoms with Crippen LogP contribution in [0.15, 0.2) is 18.2 Å². The lowest BCUT2D eigenvalue weighted by Gasteiger charge is -2.09. The molecule has 0 spiro atoms. The highest BCUT2D eigenvalue weighted by Gasteiger charge is 2.10. The second kappa shape index (κ2) is 6.10. The van der Waals surface area contributed by atoms with E-state index in [0.717, 1.165) is 0 Å². The van der Waals surface area contributed by atoms with Crippen molar-refractivity contribution in [2.45, 2.75) is 20.3 Å². The number of carbonyl (C=O) groups is 1. The van der Waals surface area contributed by atoms with Crippen LogP contribution in [0.3, 0.4) is 0 Å². The first-order chi connectivity index (χ1) is 7.67. The van der Waals surface area contributed by atoms with Crippen LogP contribution in [0.1, 0.15) is 19.4 Å². The molecule has 88 valence electrons. The zero-order valence-corrected chi connectivity index (χ0v) is 9.46. The molecule has 0 saturated carbocycles. The van der Waals surface area contributed by atoms with Crippen LogP contribution in [-0.2, 0) is 16.0 Å². The molecule has 0 aromatic heterocycles. The molecule has 0 aliphatic rings. The summed E-state index contributed by atoms with van der Waals surface area (Å²) in [5.41, 5.74) is 0.640. The van der Waals surface area contributed by atoms with Crippen molar-refractivity contribution in [3.05, 3.63) is 29.6 Å². The van der Waals surface area contributed by atoms with Crippen LogP contribution in [0.4, 0.5) is 4.39 Å². The highest BCUT2D eigenvalue weighted by Crippen LogP contribution is 2.20. The third-order valence-corrected chi connectivity index (χ3v) is 1.97. The molecule has 0 bridgehead atoms. The Morgan fingerprint density at radius 3 is 2.69 bits per heavy atom. The van der Waals surface area contributed by atoms with Crippen LogP contribution in [-0.4, -0.2) is 19.2 Å². The Morgan fingerprint density at radius 2 is 2.06 bits per heavy atom. The van der Waals surface area contributed by atoms with E-state index in [-0.39, 0.29) is 18.2 Å². The van der Waals surface area contributed by atoms with Crippen molar-refractivity contribution in [1.29, 1.82) is 0 Å². The van der Waals surface area contributed by atoms with Crippen LogP contribution in [0.5, 0.6) is 5.75 Å². The van der Waals surface area contributed by atoms with E-state index in [1.807, 2.05) is 0 Å². The van der Waals surface area contributed by atoms with Crippen LogP contribution in [0, 0.1) is 5.82 Å². The second-order valence-corrected chi connectivity index (χ2v) is 3.17. The molecule has 0 atom stereocenters.